The molecule has 18 heavy (non-hydrogen) atoms. The summed E-state index contributed by atoms with van der Waals surface area (Å²) >= 11 is 0. The van der Waals surface area contributed by atoms with Crippen LogP contribution in [0.3, 0.4) is 0 Å². The van der Waals surface area contributed by atoms with Gasteiger partial charge in [-0.25, -0.2) is 9.59 Å². The van der Waals surface area contributed by atoms with Gasteiger partial charge in [0.2, 0.25) is 0 Å². The highest BCUT2D eigenvalue weighted by Gasteiger charge is 1.98. The van der Waals surface area contributed by atoms with Crippen molar-refractivity contribution in [2.24, 2.45) is 0 Å². The largest absolute Gasteiger partial charge is 0.478 e. The van der Waals surface area contributed by atoms with Crippen molar-refractivity contribution in [2.45, 2.75) is 27.2 Å². The van der Waals surface area contributed by atoms with Gasteiger partial charge >= 0.3 is 11.9 Å². The van der Waals surface area contributed by atoms with Crippen LogP contribution in [0.2, 0.25) is 0 Å². The number of rotatable bonds is 3. The highest BCUT2D eigenvalue weighted by Crippen LogP contribution is 1.92. The number of aliphatic carboxylic acids is 1. The maximum Gasteiger partial charge on any atom is 0.347 e. The summed E-state index contributed by atoms with van der Waals surface area (Å²) in [5, 5.41) is 8.27. The Balaban J connectivity index is 0. The van der Waals surface area contributed by atoms with Gasteiger partial charge in [0.25, 0.3) is 0 Å². The van der Waals surface area contributed by atoms with Gasteiger partial charge in [-0.3, -0.25) is 0 Å². The smallest absolute Gasteiger partial charge is 0.347 e. The van der Waals surface area contributed by atoms with Gasteiger partial charge in [-0.15, -0.1) is 12.3 Å². The number of hydrogen-bond donors (Lipinski definition) is 1. The van der Waals surface area contributed by atoms with Crippen molar-refractivity contribution in [3.63, 3.8) is 0 Å². The van der Waals surface area contributed by atoms with Crippen molar-refractivity contribution < 1.29 is 19.4 Å². The molecule has 96 valence electrons. The Morgan fingerprint density at radius 1 is 1.44 bits per heavy atom. The van der Waals surface area contributed by atoms with Crippen LogP contribution in [0.5, 0.6) is 0 Å². The molecular weight excluding hydrogens is 232 g/mol. The maximum atomic E-state index is 10.5. The van der Waals surface area contributed by atoms with E-state index in [1.807, 2.05) is 0 Å². The van der Waals surface area contributed by atoms with Gasteiger partial charge in [0.1, 0.15) is 6.11 Å². The fraction of sp³-hybridized carbons (Fsp3) is 0.286. The molecule has 0 fully saturated rings. The molecule has 0 aliphatic heterocycles. The molecule has 0 radical (unpaired) electrons. The fourth-order valence-electron chi connectivity index (χ4n) is 0.484. The molecule has 0 unspecified atom stereocenters. The molecule has 0 aliphatic carbocycles. The molecule has 0 saturated carbocycles. The molecule has 1 N–H and O–H groups in total. The first kappa shape index (κ1) is 17.9. The zero-order valence-electron chi connectivity index (χ0n) is 10.7. The molecule has 0 aromatic rings. The van der Waals surface area contributed by atoms with Crippen LogP contribution >= 0.6 is 0 Å². The molecule has 0 amide bonds. The monoisotopic (exact) mass is 248 g/mol. The van der Waals surface area contributed by atoms with Gasteiger partial charge in [0.05, 0.1) is 0 Å². The van der Waals surface area contributed by atoms with E-state index in [-0.39, 0.29) is 0 Å². The van der Waals surface area contributed by atoms with E-state index < -0.39 is 11.9 Å². The minimum atomic E-state index is -0.912. The highest BCUT2D eigenvalue weighted by molar-refractivity contribution is 5.87. The standard InChI is InChI=1S/2C7H8O2/c1-4-5-9-7(8)6(2)3;1-3-4-5-6(2)7(8)9/h2H2,1,3H3;1,5H,4H2,2H3,(H,8,9). The fourth-order valence-corrected chi connectivity index (χ4v) is 0.484. The summed E-state index contributed by atoms with van der Waals surface area (Å²) in [6.45, 7) is 8.04. The van der Waals surface area contributed by atoms with Crippen LogP contribution in [0.1, 0.15) is 27.2 Å². The number of allylic oxidation sites excluding steroid dienone is 1. The van der Waals surface area contributed by atoms with E-state index in [2.05, 4.69) is 29.3 Å². The zero-order valence-corrected chi connectivity index (χ0v) is 10.7. The lowest BCUT2D eigenvalue weighted by Gasteiger charge is -1.90. The zero-order chi connectivity index (χ0) is 14.6. The van der Waals surface area contributed by atoms with E-state index in [4.69, 9.17) is 11.5 Å². The summed E-state index contributed by atoms with van der Waals surface area (Å²) < 4.78 is 4.35. The third-order valence-corrected chi connectivity index (χ3v) is 1.46. The Morgan fingerprint density at radius 3 is 2.33 bits per heavy atom. The van der Waals surface area contributed by atoms with E-state index >= 15 is 0 Å². The summed E-state index contributed by atoms with van der Waals surface area (Å²) in [5.41, 5.74) is 0.658. The van der Waals surface area contributed by atoms with Crippen molar-refractivity contribution in [2.75, 3.05) is 0 Å². The van der Waals surface area contributed by atoms with Gasteiger partial charge in [0, 0.05) is 24.5 Å². The summed E-state index contributed by atoms with van der Waals surface area (Å²) in [4.78, 5) is 20.5. The van der Waals surface area contributed by atoms with Crippen LogP contribution in [0.25, 0.3) is 0 Å². The maximum absolute atomic E-state index is 10.5. The molecule has 0 aromatic heterocycles. The lowest BCUT2D eigenvalue weighted by molar-refractivity contribution is -0.133. The molecule has 0 spiro atoms. The normalized spacial score (nSPS) is 8.67. The second-order valence-electron chi connectivity index (χ2n) is 3.12. The molecule has 0 saturated heterocycles. The lowest BCUT2D eigenvalue weighted by atomic mass is 10.2. The number of carbonyl (C=O) groups excluding carboxylic acids is 1. The second kappa shape index (κ2) is 11.0. The molecule has 4 nitrogen and oxygen atoms in total. The Labute approximate surface area is 107 Å². The van der Waals surface area contributed by atoms with Crippen LogP contribution in [-0.2, 0) is 14.3 Å². The summed E-state index contributed by atoms with van der Waals surface area (Å²) in [7, 11) is 0. The van der Waals surface area contributed by atoms with Crippen LogP contribution < -0.4 is 0 Å². The SMILES string of the molecule is C#CCC=C(C)C(=O)O.C=C(C)C(=O)OC#CC. The summed E-state index contributed by atoms with van der Waals surface area (Å²) in [5.74, 6) is 3.35. The average molecular weight is 248 g/mol. The second-order valence-corrected chi connectivity index (χ2v) is 3.12. The van der Waals surface area contributed by atoms with Crippen LogP contribution in [0.4, 0.5) is 0 Å². The lowest BCUT2D eigenvalue weighted by Crippen LogP contribution is -1.98. The molecule has 0 aliphatic rings. The molecular formula is C14H16O4. The number of carbonyl (C=O) groups is 2. The van der Waals surface area contributed by atoms with Crippen molar-refractivity contribution >= 4 is 11.9 Å². The number of hydrogen-bond acceptors (Lipinski definition) is 3. The Bertz CT molecular complexity index is 439. The Kier molecular flexibility index (Phi) is 11.0. The van der Waals surface area contributed by atoms with Gasteiger partial charge in [-0.05, 0) is 13.8 Å². The van der Waals surface area contributed by atoms with Gasteiger partial charge < -0.3 is 9.84 Å². The molecule has 0 bridgehead atoms. The first-order valence-corrected chi connectivity index (χ1v) is 4.98. The van der Waals surface area contributed by atoms with Crippen LogP contribution in [0, 0.1) is 24.4 Å². The number of ether oxygens (including phenoxy) is 1. The van der Waals surface area contributed by atoms with Crippen LogP contribution in [0.15, 0.2) is 23.8 Å². The molecule has 0 heterocycles. The van der Waals surface area contributed by atoms with E-state index in [9.17, 15) is 9.59 Å². The number of esters is 1. The van der Waals surface area contributed by atoms with Gasteiger partial charge in [0.15, 0.2) is 0 Å². The molecule has 0 rings (SSSR count). The van der Waals surface area contributed by atoms with Crippen molar-refractivity contribution in [1.29, 1.82) is 0 Å². The Hall–Kier alpha value is -2.46. The van der Waals surface area contributed by atoms with Crippen molar-refractivity contribution in [1.82, 2.24) is 0 Å². The van der Waals surface area contributed by atoms with Crippen molar-refractivity contribution in [3.8, 4) is 24.4 Å². The minimum Gasteiger partial charge on any atom is -0.478 e. The van der Waals surface area contributed by atoms with E-state index in [0.717, 1.165) is 0 Å². The minimum absolute atomic E-state index is 0.299. The number of carboxylic acid groups (broad SMARTS) is 1. The topological polar surface area (TPSA) is 63.6 Å². The predicted octanol–water partition coefficient (Wildman–Crippen LogP) is 2.13. The first-order valence-electron chi connectivity index (χ1n) is 4.98. The predicted molar refractivity (Wildman–Crippen MR) is 69.2 cm³/mol. The first-order chi connectivity index (χ1) is 8.36. The van der Waals surface area contributed by atoms with E-state index in [0.29, 0.717) is 17.6 Å². The molecule has 0 aromatic carbocycles. The number of carboxylic acids is 1. The molecule has 4 heteroatoms. The average Bonchev–Trinajstić information content (AvgIpc) is 2.33. The quantitative estimate of drug-likeness (QED) is 0.472. The third-order valence-electron chi connectivity index (χ3n) is 1.46. The number of terminal acetylenes is 1. The van der Waals surface area contributed by atoms with Crippen molar-refractivity contribution in [3.05, 3.63) is 23.8 Å². The van der Waals surface area contributed by atoms with E-state index in [1.54, 1.807) is 13.8 Å². The van der Waals surface area contributed by atoms with Gasteiger partial charge in [-0.1, -0.05) is 18.6 Å². The highest BCUT2D eigenvalue weighted by atomic mass is 16.5. The third kappa shape index (κ3) is 11.6. The Morgan fingerprint density at radius 2 is 2.00 bits per heavy atom. The summed E-state index contributed by atoms with van der Waals surface area (Å²) in [6.07, 6.45) is 8.95. The molecule has 0 atom stereocenters. The summed E-state index contributed by atoms with van der Waals surface area (Å²) in [6, 6.07) is 0. The van der Waals surface area contributed by atoms with Gasteiger partial charge in [-0.2, -0.15) is 0 Å². The van der Waals surface area contributed by atoms with E-state index in [1.165, 1.54) is 13.0 Å². The van der Waals surface area contributed by atoms with Crippen LogP contribution in [-0.4, -0.2) is 17.0 Å².